The van der Waals surface area contributed by atoms with Crippen molar-refractivity contribution in [1.82, 2.24) is 9.88 Å². The molecule has 2 heteroatoms. The van der Waals surface area contributed by atoms with E-state index in [-0.39, 0.29) is 0 Å². The number of aromatic nitrogens is 1. The van der Waals surface area contributed by atoms with E-state index in [1.54, 1.807) is 0 Å². The van der Waals surface area contributed by atoms with Crippen LogP contribution in [0.4, 0.5) is 0 Å². The molecular formula is C18H28N2. The average molecular weight is 272 g/mol. The summed E-state index contributed by atoms with van der Waals surface area (Å²) >= 11 is 0. The first-order valence-electron chi connectivity index (χ1n) is 8.14. The quantitative estimate of drug-likeness (QED) is 0.653. The first-order valence-corrected chi connectivity index (χ1v) is 8.14. The van der Waals surface area contributed by atoms with Gasteiger partial charge in [-0.15, -0.1) is 0 Å². The lowest BCUT2D eigenvalue weighted by Crippen LogP contribution is -2.17. The van der Waals surface area contributed by atoms with Crippen LogP contribution in [0.1, 0.15) is 51.6 Å². The monoisotopic (exact) mass is 272 g/mol. The second kappa shape index (κ2) is 8.11. The van der Waals surface area contributed by atoms with Gasteiger partial charge in [0.25, 0.3) is 0 Å². The van der Waals surface area contributed by atoms with Crippen molar-refractivity contribution in [2.45, 2.75) is 59.0 Å². The lowest BCUT2D eigenvalue weighted by atomic mass is 10.2. The minimum atomic E-state index is 0.982. The zero-order chi connectivity index (χ0) is 14.2. The van der Waals surface area contributed by atoms with Crippen LogP contribution in [-0.4, -0.2) is 11.1 Å². The summed E-state index contributed by atoms with van der Waals surface area (Å²) in [4.78, 5) is 0. The number of hydrogen-bond donors (Lipinski definition) is 1. The fraction of sp³-hybridized carbons (Fsp3) is 0.556. The maximum atomic E-state index is 3.53. The van der Waals surface area contributed by atoms with Crippen LogP contribution >= 0.6 is 0 Å². The van der Waals surface area contributed by atoms with Crippen molar-refractivity contribution in [3.05, 3.63) is 36.0 Å². The Hall–Kier alpha value is -1.28. The predicted molar refractivity (Wildman–Crippen MR) is 88.1 cm³/mol. The van der Waals surface area contributed by atoms with Gasteiger partial charge >= 0.3 is 0 Å². The van der Waals surface area contributed by atoms with Gasteiger partial charge in [0.1, 0.15) is 0 Å². The molecule has 0 radical (unpaired) electrons. The average Bonchev–Trinajstić information content (AvgIpc) is 2.82. The Morgan fingerprint density at radius 1 is 1.00 bits per heavy atom. The number of fused-ring (bicyclic) bond motifs is 1. The molecule has 20 heavy (non-hydrogen) atoms. The molecule has 1 aromatic carbocycles. The van der Waals surface area contributed by atoms with Crippen LogP contribution in [0.3, 0.4) is 0 Å². The minimum Gasteiger partial charge on any atom is -0.343 e. The molecule has 0 fully saturated rings. The zero-order valence-corrected chi connectivity index (χ0v) is 13.0. The van der Waals surface area contributed by atoms with Crippen molar-refractivity contribution < 1.29 is 0 Å². The summed E-state index contributed by atoms with van der Waals surface area (Å²) < 4.78 is 2.51. The van der Waals surface area contributed by atoms with Crippen LogP contribution < -0.4 is 5.32 Å². The van der Waals surface area contributed by atoms with Gasteiger partial charge in [-0.3, -0.25) is 0 Å². The van der Waals surface area contributed by atoms with Gasteiger partial charge in [0.15, 0.2) is 0 Å². The normalized spacial score (nSPS) is 11.3. The third-order valence-electron chi connectivity index (χ3n) is 3.86. The Balaban J connectivity index is 2.11. The summed E-state index contributed by atoms with van der Waals surface area (Å²) in [5, 5.41) is 4.91. The van der Waals surface area contributed by atoms with Gasteiger partial charge in [0.2, 0.25) is 0 Å². The van der Waals surface area contributed by atoms with Crippen LogP contribution in [0, 0.1) is 0 Å². The largest absolute Gasteiger partial charge is 0.343 e. The van der Waals surface area contributed by atoms with Gasteiger partial charge in [-0.25, -0.2) is 0 Å². The second-order valence-corrected chi connectivity index (χ2v) is 5.58. The molecule has 0 saturated heterocycles. The highest BCUT2D eigenvalue weighted by Crippen LogP contribution is 2.20. The first-order chi connectivity index (χ1) is 9.86. The Bertz CT molecular complexity index is 513. The summed E-state index contributed by atoms with van der Waals surface area (Å²) in [6.07, 6.45) is 6.47. The number of hydrogen-bond acceptors (Lipinski definition) is 1. The molecule has 0 spiro atoms. The Morgan fingerprint density at radius 2 is 1.85 bits per heavy atom. The van der Waals surface area contributed by atoms with Gasteiger partial charge in [0.05, 0.1) is 0 Å². The Labute approximate surface area is 123 Å². The molecule has 1 aromatic heterocycles. The van der Waals surface area contributed by atoms with Gasteiger partial charge in [-0.2, -0.15) is 0 Å². The van der Waals surface area contributed by atoms with E-state index in [4.69, 9.17) is 0 Å². The number of benzene rings is 1. The molecule has 1 heterocycles. The maximum absolute atomic E-state index is 3.53. The summed E-state index contributed by atoms with van der Waals surface area (Å²) in [7, 11) is 0. The predicted octanol–water partition coefficient (Wildman–Crippen LogP) is 4.72. The van der Waals surface area contributed by atoms with Gasteiger partial charge in [0, 0.05) is 24.3 Å². The first kappa shape index (κ1) is 15.1. The molecule has 0 bridgehead atoms. The number of rotatable bonds is 9. The highest BCUT2D eigenvalue weighted by atomic mass is 15.0. The van der Waals surface area contributed by atoms with Crippen molar-refractivity contribution >= 4 is 10.9 Å². The van der Waals surface area contributed by atoms with Crippen LogP contribution in [0.5, 0.6) is 0 Å². The molecule has 0 unspecified atom stereocenters. The summed E-state index contributed by atoms with van der Waals surface area (Å²) in [6, 6.07) is 11.1. The van der Waals surface area contributed by atoms with E-state index >= 15 is 0 Å². The van der Waals surface area contributed by atoms with E-state index in [9.17, 15) is 0 Å². The molecule has 0 aliphatic carbocycles. The summed E-state index contributed by atoms with van der Waals surface area (Å²) in [5.74, 6) is 0. The zero-order valence-electron chi connectivity index (χ0n) is 13.0. The fourth-order valence-corrected chi connectivity index (χ4v) is 2.77. The van der Waals surface area contributed by atoms with Crippen molar-refractivity contribution in [3.63, 3.8) is 0 Å². The molecule has 0 atom stereocenters. The van der Waals surface area contributed by atoms with Gasteiger partial charge in [-0.1, -0.05) is 51.3 Å². The molecule has 2 nitrogen and oxygen atoms in total. The van der Waals surface area contributed by atoms with E-state index in [1.807, 2.05) is 0 Å². The molecule has 0 amide bonds. The van der Waals surface area contributed by atoms with Crippen molar-refractivity contribution in [3.8, 4) is 0 Å². The number of nitrogens with one attached hydrogen (secondary N) is 1. The van der Waals surface area contributed by atoms with Crippen molar-refractivity contribution in [1.29, 1.82) is 0 Å². The Kier molecular flexibility index (Phi) is 6.13. The molecule has 0 saturated carbocycles. The molecule has 2 rings (SSSR count). The molecule has 1 N–H and O–H groups in total. The number of nitrogens with zero attached hydrogens (tertiary/aromatic N) is 1. The van der Waals surface area contributed by atoms with Gasteiger partial charge < -0.3 is 9.88 Å². The van der Waals surface area contributed by atoms with E-state index in [0.717, 1.165) is 19.6 Å². The summed E-state index contributed by atoms with van der Waals surface area (Å²) in [6.45, 7) is 7.71. The third-order valence-corrected chi connectivity index (χ3v) is 3.86. The number of aryl methyl sites for hydroxylation is 1. The van der Waals surface area contributed by atoms with Crippen molar-refractivity contribution in [2.75, 3.05) is 6.54 Å². The van der Waals surface area contributed by atoms with Crippen LogP contribution in [0.2, 0.25) is 0 Å². The van der Waals surface area contributed by atoms with Gasteiger partial charge in [-0.05, 0) is 36.9 Å². The SMILES string of the molecule is CCCCCCn1c(CNCCC)cc2ccccc21. The van der Waals surface area contributed by atoms with E-state index in [1.165, 1.54) is 48.7 Å². The molecule has 0 aliphatic heterocycles. The number of para-hydroxylation sites is 1. The lowest BCUT2D eigenvalue weighted by molar-refractivity contribution is 0.563. The van der Waals surface area contributed by atoms with E-state index in [2.05, 4.69) is 54.1 Å². The molecular weight excluding hydrogens is 244 g/mol. The highest BCUT2D eigenvalue weighted by molar-refractivity contribution is 5.81. The van der Waals surface area contributed by atoms with E-state index < -0.39 is 0 Å². The molecule has 0 aliphatic rings. The standard InChI is InChI=1S/C18H28N2/c1-3-5-6-9-13-20-17(15-19-12-4-2)14-16-10-7-8-11-18(16)20/h7-8,10-11,14,19H,3-6,9,12-13,15H2,1-2H3. The maximum Gasteiger partial charge on any atom is 0.0482 e. The smallest absolute Gasteiger partial charge is 0.0482 e. The van der Waals surface area contributed by atoms with E-state index in [0.29, 0.717) is 0 Å². The minimum absolute atomic E-state index is 0.982. The molecule has 110 valence electrons. The third kappa shape index (κ3) is 3.86. The van der Waals surface area contributed by atoms with Crippen LogP contribution in [0.25, 0.3) is 10.9 Å². The summed E-state index contributed by atoms with van der Waals surface area (Å²) in [5.41, 5.74) is 2.81. The highest BCUT2D eigenvalue weighted by Gasteiger charge is 2.07. The Morgan fingerprint density at radius 3 is 2.65 bits per heavy atom. The fourth-order valence-electron chi connectivity index (χ4n) is 2.77. The molecule has 2 aromatic rings. The van der Waals surface area contributed by atoms with Crippen molar-refractivity contribution in [2.24, 2.45) is 0 Å². The second-order valence-electron chi connectivity index (χ2n) is 5.58. The van der Waals surface area contributed by atoms with Crippen LogP contribution in [-0.2, 0) is 13.1 Å². The number of unbranched alkanes of at least 4 members (excludes halogenated alkanes) is 3. The topological polar surface area (TPSA) is 17.0 Å². The van der Waals surface area contributed by atoms with Crippen LogP contribution in [0.15, 0.2) is 30.3 Å². The lowest BCUT2D eigenvalue weighted by Gasteiger charge is -2.11.